The predicted molar refractivity (Wildman–Crippen MR) is 31.5 cm³/mol. The Balaban J connectivity index is 2.39. The highest BCUT2D eigenvalue weighted by atomic mass is 79.9. The lowest BCUT2D eigenvalue weighted by atomic mass is 10.5. The first-order valence-corrected chi connectivity index (χ1v) is 3.05. The summed E-state index contributed by atoms with van der Waals surface area (Å²) < 4.78 is 6.31. The molecule has 0 unspecified atom stereocenters. The Morgan fingerprint density at radius 3 is 2.88 bits per heavy atom. The van der Waals surface area contributed by atoms with Crippen LogP contribution < -0.4 is 0 Å². The summed E-state index contributed by atoms with van der Waals surface area (Å²) in [5.41, 5.74) is 0. The molecule has 46 valence electrons. The third-order valence-corrected chi connectivity index (χ3v) is 1.68. The van der Waals surface area contributed by atoms with Gasteiger partial charge < -0.3 is 4.74 Å². The lowest BCUT2D eigenvalue weighted by Crippen LogP contribution is -2.34. The highest BCUT2D eigenvalue weighted by molar-refractivity contribution is 9.07. The van der Waals surface area contributed by atoms with E-state index in [0.29, 0.717) is 13.2 Å². The molecule has 8 heavy (non-hydrogen) atoms. The van der Waals surface area contributed by atoms with E-state index in [9.17, 15) is 4.79 Å². The summed E-state index contributed by atoms with van der Waals surface area (Å²) in [6.07, 6.45) is 0. The molecule has 0 aliphatic carbocycles. The molecule has 1 saturated heterocycles. The van der Waals surface area contributed by atoms with Crippen LogP contribution in [0.5, 0.6) is 0 Å². The summed E-state index contributed by atoms with van der Waals surface area (Å²) in [6, 6.07) is 0. The normalized spacial score (nSPS) is 21.6. The molecular formula is C4H6BrNO2. The van der Waals surface area contributed by atoms with Gasteiger partial charge in [-0.3, -0.25) is 8.72 Å². The molecule has 1 amide bonds. The smallest absolute Gasteiger partial charge is 0.258 e. The molecular weight excluding hydrogens is 174 g/mol. The van der Waals surface area contributed by atoms with E-state index < -0.39 is 0 Å². The average molecular weight is 180 g/mol. The molecule has 0 saturated carbocycles. The van der Waals surface area contributed by atoms with E-state index in [2.05, 4.69) is 16.1 Å². The molecule has 0 aromatic carbocycles. The molecule has 0 atom stereocenters. The van der Waals surface area contributed by atoms with Crippen LogP contribution in [-0.2, 0) is 9.53 Å². The van der Waals surface area contributed by atoms with E-state index in [-0.39, 0.29) is 12.5 Å². The van der Waals surface area contributed by atoms with Gasteiger partial charge in [0, 0.05) is 0 Å². The minimum Gasteiger partial charge on any atom is -0.370 e. The van der Waals surface area contributed by atoms with Gasteiger partial charge in [-0.2, -0.15) is 0 Å². The van der Waals surface area contributed by atoms with Gasteiger partial charge in [0.2, 0.25) is 0 Å². The van der Waals surface area contributed by atoms with Crippen LogP contribution in [0.3, 0.4) is 0 Å². The molecule has 1 heterocycles. The topological polar surface area (TPSA) is 29.5 Å². The van der Waals surface area contributed by atoms with Crippen molar-refractivity contribution in [2.45, 2.75) is 0 Å². The maximum Gasteiger partial charge on any atom is 0.258 e. The van der Waals surface area contributed by atoms with E-state index >= 15 is 0 Å². The standard InChI is InChI=1S/C4H6BrNO2/c5-6-1-2-8-3-4(6)7/h1-3H2. The first kappa shape index (κ1) is 6.04. The lowest BCUT2D eigenvalue weighted by molar-refractivity contribution is -0.135. The minimum atomic E-state index is -0.00347. The van der Waals surface area contributed by atoms with Crippen molar-refractivity contribution in [3.05, 3.63) is 0 Å². The van der Waals surface area contributed by atoms with Crippen LogP contribution in [-0.4, -0.2) is 29.6 Å². The second-order valence-corrected chi connectivity index (χ2v) is 2.39. The Morgan fingerprint density at radius 1 is 1.75 bits per heavy atom. The molecule has 0 spiro atoms. The SMILES string of the molecule is O=C1COCCN1Br. The van der Waals surface area contributed by atoms with E-state index in [1.165, 1.54) is 3.93 Å². The van der Waals surface area contributed by atoms with Gasteiger partial charge in [0.1, 0.15) is 6.61 Å². The van der Waals surface area contributed by atoms with Crippen molar-refractivity contribution >= 4 is 22.1 Å². The molecule has 4 heteroatoms. The molecule has 0 radical (unpaired) electrons. The van der Waals surface area contributed by atoms with Crippen LogP contribution in [0.2, 0.25) is 0 Å². The molecule has 3 nitrogen and oxygen atoms in total. The number of halogens is 1. The van der Waals surface area contributed by atoms with Gasteiger partial charge in [0.05, 0.1) is 29.3 Å². The molecule has 0 aromatic heterocycles. The zero-order chi connectivity index (χ0) is 5.98. The summed E-state index contributed by atoms with van der Waals surface area (Å²) in [6.45, 7) is 1.50. The molecule has 1 aliphatic heterocycles. The quantitative estimate of drug-likeness (QED) is 0.496. The van der Waals surface area contributed by atoms with Crippen molar-refractivity contribution in [2.75, 3.05) is 19.8 Å². The Labute approximate surface area is 55.9 Å². The van der Waals surface area contributed by atoms with Crippen molar-refractivity contribution in [2.24, 2.45) is 0 Å². The summed E-state index contributed by atoms with van der Waals surface area (Å²) in [4.78, 5) is 10.5. The molecule has 0 N–H and O–H groups in total. The van der Waals surface area contributed by atoms with E-state index in [4.69, 9.17) is 4.74 Å². The van der Waals surface area contributed by atoms with E-state index in [0.717, 1.165) is 0 Å². The van der Waals surface area contributed by atoms with Crippen molar-refractivity contribution in [3.8, 4) is 0 Å². The molecule has 1 aliphatic rings. The molecule has 0 aromatic rings. The highest BCUT2D eigenvalue weighted by Crippen LogP contribution is 2.02. The number of carbonyl (C=O) groups is 1. The van der Waals surface area contributed by atoms with Gasteiger partial charge in [0.15, 0.2) is 0 Å². The summed E-state index contributed by atoms with van der Waals surface area (Å²) >= 11 is 3.06. The number of ether oxygens (including phenoxy) is 1. The lowest BCUT2D eigenvalue weighted by Gasteiger charge is -2.18. The highest BCUT2D eigenvalue weighted by Gasteiger charge is 2.14. The summed E-state index contributed by atoms with van der Waals surface area (Å²) in [5, 5.41) is 0. The van der Waals surface area contributed by atoms with Crippen LogP contribution in [0.4, 0.5) is 0 Å². The van der Waals surface area contributed by atoms with Crippen molar-refractivity contribution in [3.63, 3.8) is 0 Å². The number of nitrogens with zero attached hydrogens (tertiary/aromatic N) is 1. The van der Waals surface area contributed by atoms with Crippen LogP contribution in [0, 0.1) is 0 Å². The van der Waals surface area contributed by atoms with Crippen molar-refractivity contribution < 1.29 is 9.53 Å². The Kier molecular flexibility index (Phi) is 1.85. The average Bonchev–Trinajstić information content (AvgIpc) is 1.77. The second-order valence-electron chi connectivity index (χ2n) is 1.53. The van der Waals surface area contributed by atoms with Gasteiger partial charge in [-0.25, -0.2) is 0 Å². The minimum absolute atomic E-state index is 0.00347. The Morgan fingerprint density at radius 2 is 2.50 bits per heavy atom. The van der Waals surface area contributed by atoms with Gasteiger partial charge >= 0.3 is 0 Å². The fourth-order valence-corrected chi connectivity index (χ4v) is 0.746. The van der Waals surface area contributed by atoms with Gasteiger partial charge in [-0.15, -0.1) is 0 Å². The molecule has 1 fully saturated rings. The largest absolute Gasteiger partial charge is 0.370 e. The van der Waals surface area contributed by atoms with Crippen molar-refractivity contribution in [1.29, 1.82) is 0 Å². The first-order valence-electron chi connectivity index (χ1n) is 2.34. The fourth-order valence-electron chi connectivity index (χ4n) is 0.499. The number of hydrogen-bond acceptors (Lipinski definition) is 2. The second kappa shape index (κ2) is 2.46. The summed E-state index contributed by atoms with van der Waals surface area (Å²) in [7, 11) is 0. The number of amides is 1. The Hall–Kier alpha value is -0.0900. The zero-order valence-corrected chi connectivity index (χ0v) is 5.85. The Bertz CT molecular complexity index is 106. The van der Waals surface area contributed by atoms with E-state index in [1.54, 1.807) is 0 Å². The van der Waals surface area contributed by atoms with Gasteiger partial charge in [-0.1, -0.05) is 0 Å². The van der Waals surface area contributed by atoms with Crippen LogP contribution >= 0.6 is 16.1 Å². The maximum atomic E-state index is 10.5. The molecule has 0 bridgehead atoms. The predicted octanol–water partition coefficient (Wildman–Crippen LogP) is 0.155. The number of rotatable bonds is 0. The molecule has 1 rings (SSSR count). The van der Waals surface area contributed by atoms with Crippen LogP contribution in [0.25, 0.3) is 0 Å². The third kappa shape index (κ3) is 1.20. The first-order chi connectivity index (χ1) is 3.80. The zero-order valence-electron chi connectivity index (χ0n) is 4.26. The van der Waals surface area contributed by atoms with Crippen LogP contribution in [0.1, 0.15) is 0 Å². The maximum absolute atomic E-state index is 10.5. The monoisotopic (exact) mass is 179 g/mol. The van der Waals surface area contributed by atoms with Crippen molar-refractivity contribution in [1.82, 2.24) is 3.93 Å². The number of morpholine rings is 1. The van der Waals surface area contributed by atoms with Gasteiger partial charge in [0.25, 0.3) is 5.91 Å². The van der Waals surface area contributed by atoms with Crippen LogP contribution in [0.15, 0.2) is 0 Å². The third-order valence-electron chi connectivity index (χ3n) is 0.928. The van der Waals surface area contributed by atoms with E-state index in [1.807, 2.05) is 0 Å². The van der Waals surface area contributed by atoms with Gasteiger partial charge in [-0.05, 0) is 0 Å². The number of carbonyl (C=O) groups excluding carboxylic acids is 1. The number of hydrogen-bond donors (Lipinski definition) is 0. The fraction of sp³-hybridized carbons (Fsp3) is 0.750. The summed E-state index contributed by atoms with van der Waals surface area (Å²) in [5.74, 6) is -0.00347.